The molecule has 0 bridgehead atoms. The summed E-state index contributed by atoms with van der Waals surface area (Å²) in [6.07, 6.45) is 0.603. The van der Waals surface area contributed by atoms with Crippen LogP contribution in [0, 0.1) is 11.3 Å². The van der Waals surface area contributed by atoms with Gasteiger partial charge in [-0.2, -0.15) is 5.26 Å². The molecule has 0 spiro atoms. The molecule has 0 fully saturated rings. The molecule has 1 amide bonds. The molecule has 0 aliphatic carbocycles. The molecule has 0 unspecified atom stereocenters. The second kappa shape index (κ2) is 5.39. The van der Waals surface area contributed by atoms with Crippen molar-refractivity contribution in [3.63, 3.8) is 0 Å². The average molecular weight is 313 g/mol. The molecule has 2 heterocycles. The number of hydrogen-bond acceptors (Lipinski definition) is 2. The van der Waals surface area contributed by atoms with Gasteiger partial charge in [0.25, 0.3) is 5.91 Å². The highest BCUT2D eigenvalue weighted by Crippen LogP contribution is 2.32. The van der Waals surface area contributed by atoms with E-state index in [1.165, 1.54) is 0 Å². The molecule has 24 heavy (non-hydrogen) atoms. The third kappa shape index (κ3) is 2.03. The van der Waals surface area contributed by atoms with Gasteiger partial charge >= 0.3 is 0 Å². The predicted octanol–water partition coefficient (Wildman–Crippen LogP) is 3.71. The largest absolute Gasteiger partial charge is 0.346 e. The van der Waals surface area contributed by atoms with Gasteiger partial charge in [-0.25, -0.2) is 0 Å². The van der Waals surface area contributed by atoms with Crippen molar-refractivity contribution in [2.75, 3.05) is 6.54 Å². The molecule has 4 nitrogen and oxygen atoms in total. The van der Waals surface area contributed by atoms with E-state index in [2.05, 4.69) is 17.6 Å². The first-order valence-electron chi connectivity index (χ1n) is 7.80. The van der Waals surface area contributed by atoms with Gasteiger partial charge in [-0.1, -0.05) is 43.0 Å². The van der Waals surface area contributed by atoms with Crippen molar-refractivity contribution in [1.82, 2.24) is 9.88 Å². The Morgan fingerprint density at radius 2 is 1.79 bits per heavy atom. The maximum absolute atomic E-state index is 12.6. The van der Waals surface area contributed by atoms with Crippen LogP contribution in [0.25, 0.3) is 16.6 Å². The third-order valence-corrected chi connectivity index (χ3v) is 4.55. The van der Waals surface area contributed by atoms with E-state index >= 15 is 0 Å². The summed E-state index contributed by atoms with van der Waals surface area (Å²) in [4.78, 5) is 17.4. The minimum atomic E-state index is -0.0195. The monoisotopic (exact) mass is 313 g/mol. The quantitative estimate of drug-likeness (QED) is 0.801. The number of carbonyl (C=O) groups excluding carboxylic acids is 1. The molecule has 116 valence electrons. The Morgan fingerprint density at radius 1 is 1.08 bits per heavy atom. The summed E-state index contributed by atoms with van der Waals surface area (Å²) in [5.74, 6) is -0.0195. The Hall–Kier alpha value is -3.32. The van der Waals surface area contributed by atoms with Crippen LogP contribution < -0.4 is 0 Å². The van der Waals surface area contributed by atoms with E-state index in [4.69, 9.17) is 0 Å². The van der Waals surface area contributed by atoms with E-state index in [0.717, 1.165) is 27.7 Å². The maximum Gasteiger partial charge on any atom is 0.258 e. The number of para-hydroxylation sites is 1. The fourth-order valence-corrected chi connectivity index (χ4v) is 3.35. The Morgan fingerprint density at radius 3 is 2.54 bits per heavy atom. The van der Waals surface area contributed by atoms with Crippen LogP contribution in [0.4, 0.5) is 0 Å². The van der Waals surface area contributed by atoms with Crippen molar-refractivity contribution in [2.24, 2.45) is 0 Å². The molecule has 0 radical (unpaired) electrons. The number of fused-ring (bicyclic) bond motifs is 2. The first-order valence-corrected chi connectivity index (χ1v) is 7.80. The summed E-state index contributed by atoms with van der Waals surface area (Å²) < 4.78 is 0. The Kier molecular flexibility index (Phi) is 3.21. The van der Waals surface area contributed by atoms with Crippen LogP contribution in [-0.2, 0) is 6.42 Å². The van der Waals surface area contributed by atoms with Gasteiger partial charge in [0, 0.05) is 34.3 Å². The number of aromatic nitrogens is 1. The lowest BCUT2D eigenvalue weighted by Gasteiger charge is -2.17. The highest BCUT2D eigenvalue weighted by atomic mass is 16.2. The zero-order valence-corrected chi connectivity index (χ0v) is 13.0. The highest BCUT2D eigenvalue weighted by molar-refractivity contribution is 6.08. The second-order valence-corrected chi connectivity index (χ2v) is 5.84. The molecular weight excluding hydrogens is 298 g/mol. The van der Waals surface area contributed by atoms with Crippen molar-refractivity contribution in [1.29, 1.82) is 5.26 Å². The fraction of sp³-hybridized carbons (Fsp3) is 0.100. The Bertz CT molecular complexity index is 988. The van der Waals surface area contributed by atoms with Crippen molar-refractivity contribution >= 4 is 22.5 Å². The number of benzene rings is 2. The summed E-state index contributed by atoms with van der Waals surface area (Å²) >= 11 is 0. The van der Waals surface area contributed by atoms with Crippen LogP contribution in [0.1, 0.15) is 27.2 Å². The summed E-state index contributed by atoms with van der Waals surface area (Å²) in [7, 11) is 0. The van der Waals surface area contributed by atoms with Crippen LogP contribution >= 0.6 is 0 Å². The van der Waals surface area contributed by atoms with Gasteiger partial charge < -0.3 is 9.88 Å². The molecule has 0 atom stereocenters. The molecule has 1 aliphatic heterocycles. The van der Waals surface area contributed by atoms with E-state index in [-0.39, 0.29) is 5.91 Å². The number of carbonyl (C=O) groups is 1. The normalized spacial score (nSPS) is 13.4. The molecular formula is C20H15N3O. The minimum absolute atomic E-state index is 0.0195. The zero-order chi connectivity index (χ0) is 16.7. The number of nitrogens with zero attached hydrogens (tertiary/aromatic N) is 2. The number of amides is 1. The van der Waals surface area contributed by atoms with Crippen LogP contribution in [0.5, 0.6) is 0 Å². The topological polar surface area (TPSA) is 59.9 Å². The SMILES string of the molecule is C=C1c2ccccc2C(=O)N1CCc1c(C#N)[nH]c2ccccc12. The molecule has 2 aromatic carbocycles. The van der Waals surface area contributed by atoms with Crippen LogP contribution in [0.15, 0.2) is 55.1 Å². The predicted molar refractivity (Wildman–Crippen MR) is 93.2 cm³/mol. The van der Waals surface area contributed by atoms with Crippen molar-refractivity contribution in [2.45, 2.75) is 6.42 Å². The molecule has 0 saturated heterocycles. The molecule has 3 aromatic rings. The standard InChI is InChI=1S/C20H15N3O/c1-13-14-6-2-3-8-17(14)20(24)23(13)11-10-16-15-7-4-5-9-18(15)22-19(16)12-21/h2-9,22H,1,10-11H2. The summed E-state index contributed by atoms with van der Waals surface area (Å²) in [5.41, 5.74) is 4.77. The van der Waals surface area contributed by atoms with Gasteiger partial charge in [0.15, 0.2) is 0 Å². The average Bonchev–Trinajstić information content (AvgIpc) is 3.10. The molecule has 4 heteroatoms. The zero-order valence-electron chi connectivity index (χ0n) is 13.0. The first kappa shape index (κ1) is 14.3. The summed E-state index contributed by atoms with van der Waals surface area (Å²) in [6.45, 7) is 4.57. The van der Waals surface area contributed by atoms with Crippen LogP contribution in [0.2, 0.25) is 0 Å². The van der Waals surface area contributed by atoms with E-state index in [9.17, 15) is 10.1 Å². The fourth-order valence-electron chi connectivity index (χ4n) is 3.35. The molecule has 1 aromatic heterocycles. The van der Waals surface area contributed by atoms with Gasteiger partial charge in [-0.3, -0.25) is 4.79 Å². The lowest BCUT2D eigenvalue weighted by atomic mass is 10.1. The summed E-state index contributed by atoms with van der Waals surface area (Å²) in [5, 5.41) is 10.4. The van der Waals surface area contributed by atoms with Crippen molar-refractivity contribution in [3.05, 3.63) is 77.5 Å². The number of hydrogen-bond donors (Lipinski definition) is 1. The van der Waals surface area contributed by atoms with E-state index in [0.29, 0.717) is 24.2 Å². The van der Waals surface area contributed by atoms with Gasteiger partial charge in [0.1, 0.15) is 11.8 Å². The number of H-pyrrole nitrogens is 1. The third-order valence-electron chi connectivity index (χ3n) is 4.55. The highest BCUT2D eigenvalue weighted by Gasteiger charge is 2.30. The number of nitrogens with one attached hydrogen (secondary N) is 1. The van der Waals surface area contributed by atoms with Gasteiger partial charge in [0.05, 0.1) is 0 Å². The number of nitriles is 1. The van der Waals surface area contributed by atoms with E-state index in [1.54, 1.807) is 4.90 Å². The smallest absolute Gasteiger partial charge is 0.258 e. The Labute approximate surface area is 139 Å². The second-order valence-electron chi connectivity index (χ2n) is 5.84. The lowest BCUT2D eigenvalue weighted by molar-refractivity contribution is 0.0852. The maximum atomic E-state index is 12.6. The Balaban J connectivity index is 1.64. The molecule has 0 saturated carbocycles. The molecule has 4 rings (SSSR count). The lowest BCUT2D eigenvalue weighted by Crippen LogP contribution is -2.25. The molecule has 1 N–H and O–H groups in total. The van der Waals surface area contributed by atoms with Crippen LogP contribution in [-0.4, -0.2) is 22.3 Å². The summed E-state index contributed by atoms with van der Waals surface area (Å²) in [6, 6.07) is 17.6. The van der Waals surface area contributed by atoms with Gasteiger partial charge in [-0.05, 0) is 24.1 Å². The van der Waals surface area contributed by atoms with E-state index < -0.39 is 0 Å². The first-order chi connectivity index (χ1) is 11.7. The van der Waals surface area contributed by atoms with Crippen molar-refractivity contribution < 1.29 is 4.79 Å². The van der Waals surface area contributed by atoms with Gasteiger partial charge in [-0.15, -0.1) is 0 Å². The van der Waals surface area contributed by atoms with Crippen molar-refractivity contribution in [3.8, 4) is 6.07 Å². The minimum Gasteiger partial charge on any atom is -0.346 e. The number of rotatable bonds is 3. The van der Waals surface area contributed by atoms with E-state index in [1.807, 2.05) is 48.5 Å². The number of aromatic amines is 1. The van der Waals surface area contributed by atoms with Crippen LogP contribution in [0.3, 0.4) is 0 Å². The molecule has 1 aliphatic rings. The van der Waals surface area contributed by atoms with Gasteiger partial charge in [0.2, 0.25) is 0 Å².